The third-order valence-corrected chi connectivity index (χ3v) is 4.16. The van der Waals surface area contributed by atoms with Crippen molar-refractivity contribution in [2.24, 2.45) is 0 Å². The van der Waals surface area contributed by atoms with Gasteiger partial charge >= 0.3 is 0 Å². The Hall–Kier alpha value is -2.45. The second-order valence-electron chi connectivity index (χ2n) is 5.85. The second-order valence-corrected chi connectivity index (χ2v) is 6.24. The molecule has 1 unspecified atom stereocenters. The van der Waals surface area contributed by atoms with Crippen LogP contribution in [0.2, 0.25) is 5.15 Å². The molecule has 9 heteroatoms. The fourth-order valence-corrected chi connectivity index (χ4v) is 2.86. The predicted molar refractivity (Wildman–Crippen MR) is 93.3 cm³/mol. The monoisotopic (exact) mass is 398 g/mol. The molecule has 1 saturated heterocycles. The van der Waals surface area contributed by atoms with Crippen molar-refractivity contribution < 1.29 is 27.8 Å². The zero-order valence-corrected chi connectivity index (χ0v) is 15.2. The van der Waals surface area contributed by atoms with E-state index in [1.807, 2.05) is 0 Å². The molecule has 1 aliphatic heterocycles. The van der Waals surface area contributed by atoms with Crippen LogP contribution >= 0.6 is 11.6 Å². The summed E-state index contributed by atoms with van der Waals surface area (Å²) in [6.07, 6.45) is -0.482. The maximum Gasteiger partial charge on any atom is 0.254 e. The number of methoxy groups -OCH3 is 1. The molecular weight excluding hydrogens is 382 g/mol. The van der Waals surface area contributed by atoms with Crippen LogP contribution in [-0.2, 0) is 4.74 Å². The topological polar surface area (TPSA) is 60.9 Å². The normalized spacial score (nSPS) is 16.9. The number of nitrogens with zero attached hydrogens (tertiary/aromatic N) is 2. The van der Waals surface area contributed by atoms with Gasteiger partial charge < -0.3 is 19.1 Å². The van der Waals surface area contributed by atoms with Crippen LogP contribution < -0.4 is 9.47 Å². The minimum Gasteiger partial charge on any atom is -0.488 e. The summed E-state index contributed by atoms with van der Waals surface area (Å²) in [6.45, 7) is 0.885. The molecule has 1 atom stereocenters. The second kappa shape index (κ2) is 8.49. The van der Waals surface area contributed by atoms with Crippen LogP contribution in [0.5, 0.6) is 11.6 Å². The molecule has 1 aromatic heterocycles. The number of morpholine rings is 1. The number of ether oxygens (including phenoxy) is 3. The third kappa shape index (κ3) is 4.84. The van der Waals surface area contributed by atoms with E-state index in [1.54, 1.807) is 4.90 Å². The highest BCUT2D eigenvalue weighted by Crippen LogP contribution is 2.21. The van der Waals surface area contributed by atoms with Crippen LogP contribution in [0.1, 0.15) is 10.4 Å². The standard InChI is InChI=1S/C18H17ClF2N2O4/c1-25-17-7-11(6-16(19)22-17)18(24)23-4-5-26-13(9-23)10-27-15-8-12(20)2-3-14(15)21/h2-3,6-8,13H,4-5,9-10H2,1H3. The number of benzene rings is 1. The van der Waals surface area contributed by atoms with Gasteiger partial charge in [-0.2, -0.15) is 0 Å². The summed E-state index contributed by atoms with van der Waals surface area (Å²) in [5, 5.41) is 0.146. The molecule has 3 rings (SSSR count). The third-order valence-electron chi connectivity index (χ3n) is 3.97. The maximum absolute atomic E-state index is 13.6. The van der Waals surface area contributed by atoms with Crippen molar-refractivity contribution in [2.75, 3.05) is 33.4 Å². The zero-order chi connectivity index (χ0) is 19.4. The first-order chi connectivity index (χ1) is 13.0. The molecule has 1 aromatic carbocycles. The molecule has 6 nitrogen and oxygen atoms in total. The highest BCUT2D eigenvalue weighted by Gasteiger charge is 2.26. The molecule has 144 valence electrons. The summed E-state index contributed by atoms with van der Waals surface area (Å²) in [5.74, 6) is -1.49. The van der Waals surface area contributed by atoms with Crippen LogP contribution in [0, 0.1) is 11.6 Å². The lowest BCUT2D eigenvalue weighted by Crippen LogP contribution is -2.47. The van der Waals surface area contributed by atoms with Gasteiger partial charge in [-0.1, -0.05) is 11.6 Å². The van der Waals surface area contributed by atoms with Gasteiger partial charge in [-0.3, -0.25) is 4.79 Å². The molecule has 0 N–H and O–H groups in total. The lowest BCUT2D eigenvalue weighted by atomic mass is 10.2. The number of aromatic nitrogens is 1. The molecule has 1 aliphatic rings. The largest absolute Gasteiger partial charge is 0.488 e. The number of halogens is 3. The van der Waals surface area contributed by atoms with Gasteiger partial charge in [0.15, 0.2) is 11.6 Å². The zero-order valence-electron chi connectivity index (χ0n) is 14.5. The Morgan fingerprint density at radius 3 is 2.96 bits per heavy atom. The first-order valence-corrected chi connectivity index (χ1v) is 8.54. The average molecular weight is 399 g/mol. The SMILES string of the molecule is COc1cc(C(=O)N2CCOC(COc3cc(F)ccc3F)C2)cc(Cl)n1. The summed E-state index contributed by atoms with van der Waals surface area (Å²) in [4.78, 5) is 18.2. The maximum atomic E-state index is 13.6. The fraction of sp³-hybridized carbons (Fsp3) is 0.333. The summed E-state index contributed by atoms with van der Waals surface area (Å²) >= 11 is 5.91. The molecular formula is C18H17ClF2N2O4. The number of hydrogen-bond acceptors (Lipinski definition) is 5. The number of carbonyl (C=O) groups excluding carboxylic acids is 1. The van der Waals surface area contributed by atoms with Crippen molar-refractivity contribution in [1.29, 1.82) is 0 Å². The van der Waals surface area contributed by atoms with Gasteiger partial charge in [0.25, 0.3) is 5.91 Å². The molecule has 0 aliphatic carbocycles. The number of carbonyl (C=O) groups is 1. The van der Waals surface area contributed by atoms with Crippen molar-refractivity contribution in [3.05, 3.63) is 52.7 Å². The van der Waals surface area contributed by atoms with Gasteiger partial charge in [-0.15, -0.1) is 0 Å². The Labute approximate surface area is 159 Å². The Morgan fingerprint density at radius 1 is 1.37 bits per heavy atom. The Bertz CT molecular complexity index is 837. The molecule has 2 heterocycles. The van der Waals surface area contributed by atoms with Gasteiger partial charge in [0, 0.05) is 24.2 Å². The number of amides is 1. The van der Waals surface area contributed by atoms with E-state index >= 15 is 0 Å². The van der Waals surface area contributed by atoms with E-state index in [0.29, 0.717) is 18.7 Å². The quantitative estimate of drug-likeness (QED) is 0.725. The van der Waals surface area contributed by atoms with E-state index in [1.165, 1.54) is 19.2 Å². The molecule has 1 fully saturated rings. The fourth-order valence-electron chi connectivity index (χ4n) is 2.66. The molecule has 0 spiro atoms. The Kier molecular flexibility index (Phi) is 6.08. The van der Waals surface area contributed by atoms with Crippen molar-refractivity contribution in [3.63, 3.8) is 0 Å². The van der Waals surface area contributed by atoms with E-state index in [-0.39, 0.29) is 35.8 Å². The van der Waals surface area contributed by atoms with E-state index in [9.17, 15) is 13.6 Å². The highest BCUT2D eigenvalue weighted by molar-refractivity contribution is 6.29. The lowest BCUT2D eigenvalue weighted by Gasteiger charge is -2.33. The van der Waals surface area contributed by atoms with Gasteiger partial charge in [-0.25, -0.2) is 13.8 Å². The average Bonchev–Trinajstić information content (AvgIpc) is 2.67. The van der Waals surface area contributed by atoms with E-state index in [0.717, 1.165) is 18.2 Å². The number of pyridine rings is 1. The van der Waals surface area contributed by atoms with Crippen molar-refractivity contribution in [3.8, 4) is 11.6 Å². The first-order valence-electron chi connectivity index (χ1n) is 8.16. The minimum absolute atomic E-state index is 0.0232. The van der Waals surface area contributed by atoms with Gasteiger partial charge in [0.2, 0.25) is 5.88 Å². The summed E-state index contributed by atoms with van der Waals surface area (Å²) in [6, 6.07) is 5.91. The van der Waals surface area contributed by atoms with Gasteiger partial charge in [-0.05, 0) is 18.2 Å². The van der Waals surface area contributed by atoms with E-state index in [4.69, 9.17) is 25.8 Å². The molecule has 0 saturated carbocycles. The van der Waals surface area contributed by atoms with Crippen LogP contribution in [0.4, 0.5) is 8.78 Å². The Balaban J connectivity index is 1.64. The van der Waals surface area contributed by atoms with E-state index < -0.39 is 17.7 Å². The molecule has 0 radical (unpaired) electrons. The van der Waals surface area contributed by atoms with Gasteiger partial charge in [0.05, 0.1) is 20.3 Å². The predicted octanol–water partition coefficient (Wildman–Crippen LogP) is 2.94. The van der Waals surface area contributed by atoms with Crippen LogP contribution in [-0.4, -0.2) is 55.3 Å². The smallest absolute Gasteiger partial charge is 0.254 e. The van der Waals surface area contributed by atoms with Crippen LogP contribution in [0.3, 0.4) is 0 Å². The highest BCUT2D eigenvalue weighted by atomic mass is 35.5. The van der Waals surface area contributed by atoms with Crippen LogP contribution in [0.25, 0.3) is 0 Å². The van der Waals surface area contributed by atoms with Crippen molar-refractivity contribution >= 4 is 17.5 Å². The van der Waals surface area contributed by atoms with Crippen LogP contribution in [0.15, 0.2) is 30.3 Å². The molecule has 1 amide bonds. The number of hydrogen-bond donors (Lipinski definition) is 0. The Morgan fingerprint density at radius 2 is 2.19 bits per heavy atom. The summed E-state index contributed by atoms with van der Waals surface area (Å²) in [5.41, 5.74) is 0.338. The summed E-state index contributed by atoms with van der Waals surface area (Å²) < 4.78 is 42.7. The summed E-state index contributed by atoms with van der Waals surface area (Å²) in [7, 11) is 1.43. The van der Waals surface area contributed by atoms with Crippen molar-refractivity contribution in [1.82, 2.24) is 9.88 Å². The van der Waals surface area contributed by atoms with E-state index in [2.05, 4.69) is 4.98 Å². The minimum atomic E-state index is -0.668. The molecule has 2 aromatic rings. The first kappa shape index (κ1) is 19.3. The number of rotatable bonds is 5. The lowest BCUT2D eigenvalue weighted by molar-refractivity contribution is -0.0406. The van der Waals surface area contributed by atoms with Crippen molar-refractivity contribution in [2.45, 2.75) is 6.10 Å². The molecule has 0 bridgehead atoms. The van der Waals surface area contributed by atoms with Gasteiger partial charge in [0.1, 0.15) is 23.7 Å². The molecule has 27 heavy (non-hydrogen) atoms.